The Labute approximate surface area is 85.3 Å². The fourth-order valence-corrected chi connectivity index (χ4v) is 1.79. The highest BCUT2D eigenvalue weighted by Gasteiger charge is 2.14. The van der Waals surface area contributed by atoms with E-state index in [2.05, 4.69) is 36.5 Å². The topological polar surface area (TPSA) is 21.3 Å². The van der Waals surface area contributed by atoms with E-state index in [0.717, 1.165) is 13.2 Å². The summed E-state index contributed by atoms with van der Waals surface area (Å²) in [5.41, 5.74) is 2.49. The monoisotopic (exact) mass is 191 g/mol. The van der Waals surface area contributed by atoms with Gasteiger partial charge in [-0.3, -0.25) is 0 Å². The first kappa shape index (κ1) is 9.53. The standard InChI is InChI=1S/C12H17NO/c1-10-4-2-5-11(8-10)13-9-12-6-3-7-14-12/h2,4-5,8,12-13H,3,6-7,9H2,1H3. The van der Waals surface area contributed by atoms with Crippen molar-refractivity contribution in [1.29, 1.82) is 0 Å². The lowest BCUT2D eigenvalue weighted by Gasteiger charge is -2.12. The van der Waals surface area contributed by atoms with Crippen LogP contribution in [0, 0.1) is 6.92 Å². The van der Waals surface area contributed by atoms with E-state index in [1.54, 1.807) is 0 Å². The van der Waals surface area contributed by atoms with Gasteiger partial charge in [-0.05, 0) is 37.5 Å². The number of aryl methyl sites for hydroxylation is 1. The zero-order valence-electron chi connectivity index (χ0n) is 8.62. The van der Waals surface area contributed by atoms with E-state index in [1.165, 1.54) is 24.1 Å². The quantitative estimate of drug-likeness (QED) is 0.793. The van der Waals surface area contributed by atoms with Gasteiger partial charge in [-0.15, -0.1) is 0 Å². The molecular weight excluding hydrogens is 174 g/mol. The Morgan fingerprint density at radius 3 is 3.14 bits per heavy atom. The first-order valence-electron chi connectivity index (χ1n) is 5.27. The Kier molecular flexibility index (Phi) is 3.04. The number of nitrogens with one attached hydrogen (secondary N) is 1. The minimum Gasteiger partial charge on any atom is -0.382 e. The average molecular weight is 191 g/mol. The molecule has 2 heteroatoms. The van der Waals surface area contributed by atoms with Crippen molar-refractivity contribution in [3.63, 3.8) is 0 Å². The number of benzene rings is 1. The van der Waals surface area contributed by atoms with E-state index in [-0.39, 0.29) is 0 Å². The summed E-state index contributed by atoms with van der Waals surface area (Å²) in [6.45, 7) is 3.97. The van der Waals surface area contributed by atoms with Crippen molar-refractivity contribution in [2.75, 3.05) is 18.5 Å². The Bertz CT molecular complexity index is 292. The minimum absolute atomic E-state index is 0.413. The van der Waals surface area contributed by atoms with Crippen molar-refractivity contribution in [3.8, 4) is 0 Å². The lowest BCUT2D eigenvalue weighted by molar-refractivity contribution is 0.120. The largest absolute Gasteiger partial charge is 0.382 e. The molecule has 1 atom stereocenters. The zero-order valence-corrected chi connectivity index (χ0v) is 8.62. The molecule has 1 aromatic rings. The van der Waals surface area contributed by atoms with Gasteiger partial charge in [-0.1, -0.05) is 12.1 Å². The molecule has 0 aliphatic carbocycles. The zero-order chi connectivity index (χ0) is 9.80. The van der Waals surface area contributed by atoms with Crippen molar-refractivity contribution in [2.24, 2.45) is 0 Å². The van der Waals surface area contributed by atoms with Crippen LogP contribution < -0.4 is 5.32 Å². The lowest BCUT2D eigenvalue weighted by atomic mass is 10.2. The van der Waals surface area contributed by atoms with Gasteiger partial charge in [-0.25, -0.2) is 0 Å². The molecule has 1 heterocycles. The highest BCUT2D eigenvalue weighted by atomic mass is 16.5. The van der Waals surface area contributed by atoms with Gasteiger partial charge in [0, 0.05) is 18.8 Å². The Balaban J connectivity index is 1.85. The molecule has 76 valence electrons. The minimum atomic E-state index is 0.413. The second-order valence-electron chi connectivity index (χ2n) is 3.89. The summed E-state index contributed by atoms with van der Waals surface area (Å²) in [4.78, 5) is 0. The van der Waals surface area contributed by atoms with Crippen LogP contribution in [0.1, 0.15) is 18.4 Å². The summed E-state index contributed by atoms with van der Waals surface area (Å²) < 4.78 is 5.54. The first-order chi connectivity index (χ1) is 6.84. The number of anilines is 1. The normalized spacial score (nSPS) is 21.1. The van der Waals surface area contributed by atoms with Gasteiger partial charge in [0.15, 0.2) is 0 Å². The van der Waals surface area contributed by atoms with Gasteiger partial charge < -0.3 is 10.1 Å². The second-order valence-corrected chi connectivity index (χ2v) is 3.89. The van der Waals surface area contributed by atoms with Crippen molar-refractivity contribution in [2.45, 2.75) is 25.9 Å². The van der Waals surface area contributed by atoms with E-state index in [0.29, 0.717) is 6.10 Å². The molecule has 0 saturated carbocycles. The van der Waals surface area contributed by atoms with E-state index in [4.69, 9.17) is 4.74 Å². The van der Waals surface area contributed by atoms with Crippen LogP contribution in [0.2, 0.25) is 0 Å². The fraction of sp³-hybridized carbons (Fsp3) is 0.500. The molecule has 0 amide bonds. The summed E-state index contributed by atoms with van der Waals surface area (Å²) in [5.74, 6) is 0. The van der Waals surface area contributed by atoms with Gasteiger partial charge in [0.2, 0.25) is 0 Å². The third-order valence-electron chi connectivity index (χ3n) is 2.58. The van der Waals surface area contributed by atoms with Crippen LogP contribution in [0.15, 0.2) is 24.3 Å². The van der Waals surface area contributed by atoms with Crippen molar-refractivity contribution >= 4 is 5.69 Å². The maximum atomic E-state index is 5.54. The van der Waals surface area contributed by atoms with Gasteiger partial charge in [0.25, 0.3) is 0 Å². The lowest BCUT2D eigenvalue weighted by Crippen LogP contribution is -2.18. The summed E-state index contributed by atoms with van der Waals surface area (Å²) in [6.07, 6.45) is 2.81. The van der Waals surface area contributed by atoms with Gasteiger partial charge in [0.1, 0.15) is 0 Å². The Morgan fingerprint density at radius 1 is 1.50 bits per heavy atom. The molecule has 1 unspecified atom stereocenters. The summed E-state index contributed by atoms with van der Waals surface area (Å²) in [5, 5.41) is 3.40. The molecule has 1 aliphatic heterocycles. The highest BCUT2D eigenvalue weighted by molar-refractivity contribution is 5.45. The molecule has 2 rings (SSSR count). The third-order valence-corrected chi connectivity index (χ3v) is 2.58. The van der Waals surface area contributed by atoms with E-state index in [9.17, 15) is 0 Å². The molecule has 1 aliphatic rings. The van der Waals surface area contributed by atoms with Gasteiger partial charge in [-0.2, -0.15) is 0 Å². The fourth-order valence-electron chi connectivity index (χ4n) is 1.79. The second kappa shape index (κ2) is 4.47. The molecule has 14 heavy (non-hydrogen) atoms. The molecule has 0 aromatic heterocycles. The summed E-state index contributed by atoms with van der Waals surface area (Å²) in [6, 6.07) is 8.45. The van der Waals surface area contributed by atoms with Crippen molar-refractivity contribution in [1.82, 2.24) is 0 Å². The first-order valence-corrected chi connectivity index (χ1v) is 5.27. The van der Waals surface area contributed by atoms with Crippen LogP contribution in [0.4, 0.5) is 5.69 Å². The number of ether oxygens (including phenoxy) is 1. The SMILES string of the molecule is Cc1cccc(NCC2CCCO2)c1. The molecule has 1 aromatic carbocycles. The highest BCUT2D eigenvalue weighted by Crippen LogP contribution is 2.14. The van der Waals surface area contributed by atoms with Crippen LogP contribution in [-0.4, -0.2) is 19.3 Å². The Hall–Kier alpha value is -1.02. The maximum Gasteiger partial charge on any atom is 0.0748 e. The molecule has 1 saturated heterocycles. The Morgan fingerprint density at radius 2 is 2.43 bits per heavy atom. The number of rotatable bonds is 3. The maximum absolute atomic E-state index is 5.54. The smallest absolute Gasteiger partial charge is 0.0748 e. The predicted molar refractivity (Wildman–Crippen MR) is 58.6 cm³/mol. The van der Waals surface area contributed by atoms with Crippen molar-refractivity contribution < 1.29 is 4.74 Å². The van der Waals surface area contributed by atoms with Crippen LogP contribution in [0.3, 0.4) is 0 Å². The van der Waals surface area contributed by atoms with E-state index < -0.39 is 0 Å². The average Bonchev–Trinajstić information content (AvgIpc) is 2.67. The van der Waals surface area contributed by atoms with Gasteiger partial charge >= 0.3 is 0 Å². The molecule has 0 bridgehead atoms. The van der Waals surface area contributed by atoms with Crippen molar-refractivity contribution in [3.05, 3.63) is 29.8 Å². The summed E-state index contributed by atoms with van der Waals surface area (Å²) >= 11 is 0. The summed E-state index contributed by atoms with van der Waals surface area (Å²) in [7, 11) is 0. The molecule has 1 fully saturated rings. The third kappa shape index (κ3) is 2.48. The van der Waals surface area contributed by atoms with Crippen LogP contribution >= 0.6 is 0 Å². The molecular formula is C12H17NO. The molecule has 0 spiro atoms. The van der Waals surface area contributed by atoms with Crippen LogP contribution in [0.5, 0.6) is 0 Å². The molecule has 0 radical (unpaired) electrons. The van der Waals surface area contributed by atoms with Crippen LogP contribution in [-0.2, 0) is 4.74 Å². The number of hydrogen-bond acceptors (Lipinski definition) is 2. The molecule has 1 N–H and O–H groups in total. The van der Waals surface area contributed by atoms with Gasteiger partial charge in [0.05, 0.1) is 6.10 Å². The molecule has 2 nitrogen and oxygen atoms in total. The van der Waals surface area contributed by atoms with Crippen LogP contribution in [0.25, 0.3) is 0 Å². The van der Waals surface area contributed by atoms with E-state index in [1.807, 2.05) is 0 Å². The predicted octanol–water partition coefficient (Wildman–Crippen LogP) is 2.59. The van der Waals surface area contributed by atoms with E-state index >= 15 is 0 Å². The number of hydrogen-bond donors (Lipinski definition) is 1.